The van der Waals surface area contributed by atoms with E-state index >= 15 is 0 Å². The SMILES string of the molecule is CNc1ccc(-c2ccc(N=O)cc2)cc1. The minimum atomic E-state index is 0.454. The van der Waals surface area contributed by atoms with Gasteiger partial charge in [0.25, 0.3) is 0 Å². The topological polar surface area (TPSA) is 41.5 Å². The number of rotatable bonds is 3. The molecule has 1 N–H and O–H groups in total. The standard InChI is InChI=1S/C13H12N2O/c1-14-12-6-2-10(3-7-12)11-4-8-13(15-16)9-5-11/h2-9,14H,1H3. The summed E-state index contributed by atoms with van der Waals surface area (Å²) in [5.74, 6) is 0. The van der Waals surface area contributed by atoms with Crippen LogP contribution in [0.2, 0.25) is 0 Å². The Kier molecular flexibility index (Phi) is 2.96. The Morgan fingerprint density at radius 3 is 1.81 bits per heavy atom. The van der Waals surface area contributed by atoms with Crippen LogP contribution in [0.25, 0.3) is 11.1 Å². The van der Waals surface area contributed by atoms with Crippen LogP contribution in [-0.4, -0.2) is 7.05 Å². The van der Waals surface area contributed by atoms with Crippen molar-refractivity contribution in [2.45, 2.75) is 0 Å². The molecule has 2 aromatic carbocycles. The van der Waals surface area contributed by atoms with Gasteiger partial charge in [-0.05, 0) is 40.6 Å². The number of benzene rings is 2. The highest BCUT2D eigenvalue weighted by molar-refractivity contribution is 5.67. The van der Waals surface area contributed by atoms with Gasteiger partial charge in [0, 0.05) is 12.7 Å². The number of nitrogens with one attached hydrogen (secondary N) is 1. The first kappa shape index (κ1) is 10.4. The highest BCUT2D eigenvalue weighted by atomic mass is 16.3. The van der Waals surface area contributed by atoms with Crippen LogP contribution >= 0.6 is 0 Å². The third-order valence-corrected chi connectivity index (χ3v) is 2.48. The van der Waals surface area contributed by atoms with E-state index in [-0.39, 0.29) is 0 Å². The Morgan fingerprint density at radius 2 is 1.38 bits per heavy atom. The smallest absolute Gasteiger partial charge is 0.108 e. The molecule has 0 saturated heterocycles. The molecule has 0 spiro atoms. The van der Waals surface area contributed by atoms with E-state index in [0.717, 1.165) is 16.8 Å². The predicted octanol–water partition coefficient (Wildman–Crippen LogP) is 3.79. The third-order valence-electron chi connectivity index (χ3n) is 2.48. The van der Waals surface area contributed by atoms with E-state index in [9.17, 15) is 4.91 Å². The molecule has 0 saturated carbocycles. The lowest BCUT2D eigenvalue weighted by molar-refractivity contribution is 1.48. The fraction of sp³-hybridized carbons (Fsp3) is 0.0769. The van der Waals surface area contributed by atoms with E-state index in [1.165, 1.54) is 0 Å². The molecule has 0 radical (unpaired) electrons. The van der Waals surface area contributed by atoms with E-state index < -0.39 is 0 Å². The van der Waals surface area contributed by atoms with Gasteiger partial charge in [-0.2, -0.15) is 0 Å². The maximum absolute atomic E-state index is 10.3. The van der Waals surface area contributed by atoms with Crippen molar-refractivity contribution in [3.63, 3.8) is 0 Å². The Hall–Kier alpha value is -2.16. The van der Waals surface area contributed by atoms with Gasteiger partial charge in [-0.1, -0.05) is 24.3 Å². The highest BCUT2D eigenvalue weighted by Crippen LogP contribution is 2.23. The lowest BCUT2D eigenvalue weighted by atomic mass is 10.1. The normalized spacial score (nSPS) is 9.81. The summed E-state index contributed by atoms with van der Waals surface area (Å²) in [4.78, 5) is 10.3. The largest absolute Gasteiger partial charge is 0.388 e. The van der Waals surface area contributed by atoms with Gasteiger partial charge in [0.2, 0.25) is 0 Å². The number of anilines is 1. The molecule has 3 heteroatoms. The van der Waals surface area contributed by atoms with Crippen LogP contribution in [-0.2, 0) is 0 Å². The molecule has 16 heavy (non-hydrogen) atoms. The van der Waals surface area contributed by atoms with Crippen LogP contribution in [0.4, 0.5) is 11.4 Å². The van der Waals surface area contributed by atoms with Gasteiger partial charge < -0.3 is 5.32 Å². The Balaban J connectivity index is 2.31. The van der Waals surface area contributed by atoms with Crippen molar-refractivity contribution in [2.75, 3.05) is 12.4 Å². The molecular weight excluding hydrogens is 200 g/mol. The molecule has 0 amide bonds. The van der Waals surface area contributed by atoms with Crippen molar-refractivity contribution in [2.24, 2.45) is 5.18 Å². The van der Waals surface area contributed by atoms with Crippen molar-refractivity contribution in [3.05, 3.63) is 53.4 Å². The molecule has 0 atom stereocenters. The summed E-state index contributed by atoms with van der Waals surface area (Å²) >= 11 is 0. The second-order valence-corrected chi connectivity index (χ2v) is 3.47. The Bertz CT molecular complexity index is 474. The minimum Gasteiger partial charge on any atom is -0.388 e. The molecular formula is C13H12N2O. The van der Waals surface area contributed by atoms with Crippen molar-refractivity contribution >= 4 is 11.4 Å². The van der Waals surface area contributed by atoms with Crippen LogP contribution in [0.1, 0.15) is 0 Å². The molecule has 3 nitrogen and oxygen atoms in total. The van der Waals surface area contributed by atoms with Gasteiger partial charge in [0.05, 0.1) is 0 Å². The number of hydrogen-bond donors (Lipinski definition) is 1. The van der Waals surface area contributed by atoms with Crippen LogP contribution < -0.4 is 5.32 Å². The molecule has 0 aromatic heterocycles. The average Bonchev–Trinajstić information content (AvgIpc) is 2.39. The quantitative estimate of drug-likeness (QED) is 0.786. The summed E-state index contributed by atoms with van der Waals surface area (Å²) in [7, 11) is 1.89. The van der Waals surface area contributed by atoms with Crippen LogP contribution in [0, 0.1) is 4.91 Å². The van der Waals surface area contributed by atoms with Crippen molar-refractivity contribution in [3.8, 4) is 11.1 Å². The van der Waals surface area contributed by atoms with E-state index in [0.29, 0.717) is 5.69 Å². The number of nitrogens with zero attached hydrogens (tertiary/aromatic N) is 1. The second kappa shape index (κ2) is 4.57. The maximum Gasteiger partial charge on any atom is 0.108 e. The van der Waals surface area contributed by atoms with Gasteiger partial charge >= 0.3 is 0 Å². The summed E-state index contributed by atoms with van der Waals surface area (Å²) in [6.45, 7) is 0. The lowest BCUT2D eigenvalue weighted by Gasteiger charge is -2.03. The van der Waals surface area contributed by atoms with Gasteiger partial charge in [-0.3, -0.25) is 0 Å². The monoisotopic (exact) mass is 212 g/mol. The first-order valence-electron chi connectivity index (χ1n) is 5.05. The first-order valence-corrected chi connectivity index (χ1v) is 5.05. The molecule has 0 aliphatic rings. The molecule has 0 fully saturated rings. The molecule has 0 bridgehead atoms. The molecule has 0 heterocycles. The summed E-state index contributed by atoms with van der Waals surface area (Å²) in [6, 6.07) is 15.3. The average molecular weight is 212 g/mol. The maximum atomic E-state index is 10.3. The summed E-state index contributed by atoms with van der Waals surface area (Å²) < 4.78 is 0. The molecule has 0 aliphatic carbocycles. The van der Waals surface area contributed by atoms with E-state index in [4.69, 9.17) is 0 Å². The first-order chi connectivity index (χ1) is 7.83. The molecule has 2 rings (SSSR count). The van der Waals surface area contributed by atoms with Gasteiger partial charge in [0.15, 0.2) is 0 Å². The zero-order valence-corrected chi connectivity index (χ0v) is 8.97. The van der Waals surface area contributed by atoms with Gasteiger partial charge in [-0.25, -0.2) is 0 Å². The van der Waals surface area contributed by atoms with E-state index in [2.05, 4.69) is 10.5 Å². The van der Waals surface area contributed by atoms with Crippen LogP contribution in [0.5, 0.6) is 0 Å². The molecule has 0 aliphatic heterocycles. The highest BCUT2D eigenvalue weighted by Gasteiger charge is 1.98. The minimum absolute atomic E-state index is 0.454. The summed E-state index contributed by atoms with van der Waals surface area (Å²) in [5.41, 5.74) is 3.73. The summed E-state index contributed by atoms with van der Waals surface area (Å²) in [6.07, 6.45) is 0. The summed E-state index contributed by atoms with van der Waals surface area (Å²) in [5, 5.41) is 5.94. The fourth-order valence-electron chi connectivity index (χ4n) is 1.54. The number of hydrogen-bond acceptors (Lipinski definition) is 3. The number of nitroso groups, excluding NO2 is 1. The Morgan fingerprint density at radius 1 is 0.875 bits per heavy atom. The lowest BCUT2D eigenvalue weighted by Crippen LogP contribution is -1.86. The molecule has 0 unspecified atom stereocenters. The van der Waals surface area contributed by atoms with Crippen molar-refractivity contribution < 1.29 is 0 Å². The van der Waals surface area contributed by atoms with Crippen LogP contribution in [0.3, 0.4) is 0 Å². The van der Waals surface area contributed by atoms with Crippen molar-refractivity contribution in [1.82, 2.24) is 0 Å². The third kappa shape index (κ3) is 2.08. The molecule has 80 valence electrons. The van der Waals surface area contributed by atoms with Crippen LogP contribution in [0.15, 0.2) is 53.7 Å². The predicted molar refractivity (Wildman–Crippen MR) is 66.9 cm³/mol. The molecule has 2 aromatic rings. The van der Waals surface area contributed by atoms with E-state index in [1.807, 2.05) is 43.4 Å². The Labute approximate surface area is 94.1 Å². The second-order valence-electron chi connectivity index (χ2n) is 3.47. The zero-order chi connectivity index (χ0) is 11.4. The van der Waals surface area contributed by atoms with Gasteiger partial charge in [0.1, 0.15) is 5.69 Å². The zero-order valence-electron chi connectivity index (χ0n) is 8.97. The van der Waals surface area contributed by atoms with E-state index in [1.54, 1.807) is 12.1 Å². The van der Waals surface area contributed by atoms with Gasteiger partial charge in [-0.15, -0.1) is 4.91 Å². The fourth-order valence-corrected chi connectivity index (χ4v) is 1.54. The van der Waals surface area contributed by atoms with Crippen molar-refractivity contribution in [1.29, 1.82) is 0 Å².